The largest absolute Gasteiger partial charge is 0.407 e. The van der Waals surface area contributed by atoms with E-state index in [2.05, 4.69) is 81.4 Å². The van der Waals surface area contributed by atoms with E-state index < -0.39 is 8.32 Å². The monoisotopic (exact) mass is 422 g/mol. The van der Waals surface area contributed by atoms with Crippen molar-refractivity contribution < 1.29 is 13.9 Å². The van der Waals surface area contributed by atoms with Gasteiger partial charge in [-0.25, -0.2) is 0 Å². The molecule has 160 valence electrons. The molecule has 2 saturated heterocycles. The summed E-state index contributed by atoms with van der Waals surface area (Å²) >= 11 is 0. The fourth-order valence-electron chi connectivity index (χ4n) is 6.06. The number of benzene rings is 2. The first kappa shape index (κ1) is 20.4. The predicted molar refractivity (Wildman–Crippen MR) is 123 cm³/mol. The molecule has 1 saturated carbocycles. The molecule has 4 heteroatoms. The molecule has 1 aliphatic carbocycles. The topological polar surface area (TPSA) is 31.0 Å². The highest BCUT2D eigenvalue weighted by Crippen LogP contribution is 2.55. The Bertz CT molecular complexity index is 823. The van der Waals surface area contributed by atoms with Crippen LogP contribution in [0.15, 0.2) is 60.7 Å². The molecule has 0 amide bonds. The molecule has 2 heterocycles. The van der Waals surface area contributed by atoms with E-state index in [1.807, 2.05) is 0 Å². The van der Waals surface area contributed by atoms with Crippen molar-refractivity contribution in [2.75, 3.05) is 13.2 Å². The van der Waals surface area contributed by atoms with Gasteiger partial charge in [-0.1, -0.05) is 81.4 Å². The lowest BCUT2D eigenvalue weighted by atomic mass is 9.75. The molecule has 0 bridgehead atoms. The average molecular weight is 423 g/mol. The van der Waals surface area contributed by atoms with Crippen LogP contribution < -0.4 is 10.4 Å². The molecule has 2 aromatic carbocycles. The molecule has 1 spiro atoms. The van der Waals surface area contributed by atoms with Gasteiger partial charge >= 0.3 is 0 Å². The summed E-state index contributed by atoms with van der Waals surface area (Å²) in [5.41, 5.74) is -0.00400. The van der Waals surface area contributed by atoms with Gasteiger partial charge in [0, 0.05) is 19.1 Å². The Balaban J connectivity index is 1.50. The van der Waals surface area contributed by atoms with Gasteiger partial charge in [0.25, 0.3) is 8.32 Å². The van der Waals surface area contributed by atoms with Gasteiger partial charge in [-0.2, -0.15) is 0 Å². The maximum absolute atomic E-state index is 7.22. The molecule has 5 rings (SSSR count). The van der Waals surface area contributed by atoms with Crippen molar-refractivity contribution in [1.82, 2.24) is 0 Å². The second-order valence-electron chi connectivity index (χ2n) is 10.3. The van der Waals surface area contributed by atoms with Crippen molar-refractivity contribution >= 4 is 18.7 Å². The second kappa shape index (κ2) is 7.59. The molecule has 0 radical (unpaired) electrons. The quantitative estimate of drug-likeness (QED) is 0.532. The molecular formula is C26H34O3Si. The van der Waals surface area contributed by atoms with E-state index in [1.54, 1.807) is 0 Å². The summed E-state index contributed by atoms with van der Waals surface area (Å²) in [6, 6.07) is 21.9. The highest BCUT2D eigenvalue weighted by Gasteiger charge is 2.66. The maximum Gasteiger partial charge on any atom is 0.261 e. The summed E-state index contributed by atoms with van der Waals surface area (Å²) in [5.74, 6) is 0.408. The van der Waals surface area contributed by atoms with Crippen molar-refractivity contribution in [3.05, 3.63) is 60.7 Å². The molecule has 4 atom stereocenters. The van der Waals surface area contributed by atoms with Crippen LogP contribution >= 0.6 is 0 Å². The fourth-order valence-corrected chi connectivity index (χ4v) is 10.7. The number of rotatable bonds is 5. The van der Waals surface area contributed by atoms with Crippen LogP contribution in [0.3, 0.4) is 0 Å². The number of ether oxygens (including phenoxy) is 2. The Kier molecular flexibility index (Phi) is 5.17. The van der Waals surface area contributed by atoms with E-state index >= 15 is 0 Å². The molecule has 3 aliphatic rings. The molecule has 0 N–H and O–H groups in total. The van der Waals surface area contributed by atoms with E-state index in [0.29, 0.717) is 12.0 Å². The molecule has 2 aliphatic heterocycles. The number of hydrogen-bond acceptors (Lipinski definition) is 3. The zero-order chi connectivity index (χ0) is 20.8. The van der Waals surface area contributed by atoms with Gasteiger partial charge in [0.1, 0.15) is 5.60 Å². The first-order valence-electron chi connectivity index (χ1n) is 11.5. The first-order valence-corrected chi connectivity index (χ1v) is 13.4. The van der Waals surface area contributed by atoms with Gasteiger partial charge < -0.3 is 13.9 Å². The Morgan fingerprint density at radius 3 is 2.20 bits per heavy atom. The van der Waals surface area contributed by atoms with E-state index in [9.17, 15) is 0 Å². The zero-order valence-electron chi connectivity index (χ0n) is 18.5. The summed E-state index contributed by atoms with van der Waals surface area (Å²) < 4.78 is 19.7. The van der Waals surface area contributed by atoms with Crippen molar-refractivity contribution in [2.24, 2.45) is 5.92 Å². The second-order valence-corrected chi connectivity index (χ2v) is 14.6. The molecule has 3 fully saturated rings. The summed E-state index contributed by atoms with van der Waals surface area (Å²) in [4.78, 5) is 0. The van der Waals surface area contributed by atoms with Gasteiger partial charge in [-0.15, -0.1) is 0 Å². The lowest BCUT2D eigenvalue weighted by Crippen LogP contribution is -2.67. The van der Waals surface area contributed by atoms with Crippen molar-refractivity contribution in [2.45, 2.75) is 69.3 Å². The first-order chi connectivity index (χ1) is 14.5. The van der Waals surface area contributed by atoms with Crippen LogP contribution in [-0.4, -0.2) is 39.3 Å². The highest BCUT2D eigenvalue weighted by atomic mass is 28.4. The van der Waals surface area contributed by atoms with Crippen molar-refractivity contribution in [3.63, 3.8) is 0 Å². The molecule has 0 aromatic heterocycles. The van der Waals surface area contributed by atoms with E-state index in [1.165, 1.54) is 10.4 Å². The van der Waals surface area contributed by atoms with Crippen LogP contribution in [-0.2, 0) is 13.9 Å². The third-order valence-electron chi connectivity index (χ3n) is 7.50. The van der Waals surface area contributed by atoms with E-state index in [-0.39, 0.29) is 16.7 Å². The Hall–Kier alpha value is -1.46. The van der Waals surface area contributed by atoms with E-state index in [0.717, 1.165) is 38.9 Å². The predicted octanol–water partition coefficient (Wildman–Crippen LogP) is 4.29. The van der Waals surface area contributed by atoms with Crippen LogP contribution in [0.1, 0.15) is 46.5 Å². The van der Waals surface area contributed by atoms with Crippen LogP contribution in [0, 0.1) is 5.92 Å². The maximum atomic E-state index is 7.22. The molecule has 3 nitrogen and oxygen atoms in total. The molecule has 30 heavy (non-hydrogen) atoms. The number of epoxide rings is 1. The number of hydrogen-bond donors (Lipinski definition) is 0. The zero-order valence-corrected chi connectivity index (χ0v) is 19.5. The van der Waals surface area contributed by atoms with Crippen molar-refractivity contribution in [1.29, 1.82) is 0 Å². The average Bonchev–Trinajstić information content (AvgIpc) is 3.47. The summed E-state index contributed by atoms with van der Waals surface area (Å²) in [7, 11) is -2.50. The van der Waals surface area contributed by atoms with E-state index in [4.69, 9.17) is 13.9 Å². The third-order valence-corrected chi connectivity index (χ3v) is 12.5. The standard InChI is InChI=1S/C26H34O3Si/c1-25(2,3)30(21-11-6-4-7-12-21,22-13-8-5-9-14-22)28-19-20-15-16-23-26(29-23)17-10-18-27-24(20)26/h4-9,11-14,20,23-24H,10,15-19H2,1-3H3/t20?,23?,24-,26+/m1/s1. The Morgan fingerprint density at radius 1 is 0.967 bits per heavy atom. The lowest BCUT2D eigenvalue weighted by Gasteiger charge is -2.45. The van der Waals surface area contributed by atoms with Gasteiger partial charge in [0.2, 0.25) is 0 Å². The van der Waals surface area contributed by atoms with Crippen LogP contribution in [0.25, 0.3) is 0 Å². The minimum Gasteiger partial charge on any atom is -0.407 e. The van der Waals surface area contributed by atoms with Gasteiger partial charge in [-0.05, 0) is 41.1 Å². The van der Waals surface area contributed by atoms with Gasteiger partial charge in [0.05, 0.1) is 12.2 Å². The fraction of sp³-hybridized carbons (Fsp3) is 0.538. The third kappa shape index (κ3) is 3.20. The molecular weight excluding hydrogens is 388 g/mol. The SMILES string of the molecule is CC(C)(C)[Si](OCC1CCC2O[C@@]23CCCO[C@H]13)(c1ccccc1)c1ccccc1. The summed E-state index contributed by atoms with van der Waals surface area (Å²) in [6.45, 7) is 8.64. The Labute approximate surface area is 181 Å². The van der Waals surface area contributed by atoms with Gasteiger partial charge in [0.15, 0.2) is 0 Å². The van der Waals surface area contributed by atoms with Crippen LogP contribution in [0.5, 0.6) is 0 Å². The van der Waals surface area contributed by atoms with Crippen molar-refractivity contribution in [3.8, 4) is 0 Å². The molecule has 2 unspecified atom stereocenters. The van der Waals surface area contributed by atoms with Crippen LogP contribution in [0.4, 0.5) is 0 Å². The Morgan fingerprint density at radius 2 is 1.60 bits per heavy atom. The van der Waals surface area contributed by atoms with Gasteiger partial charge in [-0.3, -0.25) is 0 Å². The smallest absolute Gasteiger partial charge is 0.261 e. The highest BCUT2D eigenvalue weighted by molar-refractivity contribution is 6.99. The summed E-state index contributed by atoms with van der Waals surface area (Å²) in [6.07, 6.45) is 5.17. The molecule has 2 aromatic rings. The lowest BCUT2D eigenvalue weighted by molar-refractivity contribution is -0.0885. The summed E-state index contributed by atoms with van der Waals surface area (Å²) in [5, 5.41) is 2.70. The van der Waals surface area contributed by atoms with Crippen LogP contribution in [0.2, 0.25) is 5.04 Å². The minimum atomic E-state index is -2.50. The minimum absolute atomic E-state index is 0.00400. The normalized spacial score (nSPS) is 31.0.